The summed E-state index contributed by atoms with van der Waals surface area (Å²) in [6.07, 6.45) is 14.6. The third kappa shape index (κ3) is 5.11. The fraction of sp³-hybridized carbons (Fsp3) is 0.457. The van der Waals surface area contributed by atoms with Gasteiger partial charge in [0.25, 0.3) is 0 Å². The van der Waals surface area contributed by atoms with E-state index >= 15 is 0 Å². The molecular weight excluding hydrogens is 583 g/mol. The van der Waals surface area contributed by atoms with Gasteiger partial charge < -0.3 is 0 Å². The van der Waals surface area contributed by atoms with E-state index in [1.807, 2.05) is 13.8 Å². The first-order valence-electron chi connectivity index (χ1n) is 14.7. The van der Waals surface area contributed by atoms with Gasteiger partial charge in [0.05, 0.1) is 0 Å². The second kappa shape index (κ2) is 11.1. The van der Waals surface area contributed by atoms with Crippen LogP contribution in [0.25, 0.3) is 21.5 Å². The summed E-state index contributed by atoms with van der Waals surface area (Å²) < 4.78 is 1.24. The molecule has 0 atom stereocenters. The van der Waals surface area contributed by atoms with Crippen molar-refractivity contribution in [2.24, 2.45) is 11.8 Å². The maximum Gasteiger partial charge on any atom is -0.0414 e. The van der Waals surface area contributed by atoms with Gasteiger partial charge in [0, 0.05) is 0 Å². The number of hydrogen-bond donors (Lipinski definition) is 0. The smallest absolute Gasteiger partial charge is 0.0414 e. The van der Waals surface area contributed by atoms with Crippen molar-refractivity contribution in [1.82, 2.24) is 0 Å². The van der Waals surface area contributed by atoms with Crippen molar-refractivity contribution in [3.63, 3.8) is 0 Å². The van der Waals surface area contributed by atoms with Gasteiger partial charge in [-0.25, -0.2) is 0 Å². The fourth-order valence-corrected chi connectivity index (χ4v) is 8.37. The van der Waals surface area contributed by atoms with Gasteiger partial charge in [-0.05, 0) is 35.5 Å². The van der Waals surface area contributed by atoms with Crippen molar-refractivity contribution in [3.05, 3.63) is 83.9 Å². The molecule has 8 rings (SSSR count). The van der Waals surface area contributed by atoms with Crippen molar-refractivity contribution in [2.75, 3.05) is 0 Å². The number of hydrogen-bond acceptors (Lipinski definition) is 0. The standard InChI is InChI=1S/2C16H17.C3H6.2ClH.Zr/c2*1-2-4-14-13(3-1)5-6-15(14)16-9-7-12(11-16)8-10-16;1-3-2;;;/h2*1-6,12H,7-11H2;1-2H3;2*1H;/q2*-1;;;;+2/p-2. The third-order valence-corrected chi connectivity index (χ3v) is 16.7. The van der Waals surface area contributed by atoms with Gasteiger partial charge in [0.1, 0.15) is 0 Å². The van der Waals surface area contributed by atoms with E-state index < -0.39 is 18.9 Å². The van der Waals surface area contributed by atoms with Gasteiger partial charge in [-0.3, -0.25) is 0 Å². The van der Waals surface area contributed by atoms with E-state index in [9.17, 15) is 0 Å². The van der Waals surface area contributed by atoms with Crippen molar-refractivity contribution >= 4 is 41.8 Å². The molecule has 0 amide bonds. The van der Waals surface area contributed by atoms with Crippen LogP contribution < -0.4 is 0 Å². The van der Waals surface area contributed by atoms with E-state index in [-0.39, 0.29) is 0 Å². The summed E-state index contributed by atoms with van der Waals surface area (Å²) in [7, 11) is 11.1. The Bertz CT molecular complexity index is 1320. The van der Waals surface area contributed by atoms with Crippen LogP contribution in [0.4, 0.5) is 0 Å². The zero-order valence-corrected chi connectivity index (χ0v) is 26.9. The van der Waals surface area contributed by atoms with Gasteiger partial charge >= 0.3 is 53.0 Å². The molecule has 0 radical (unpaired) electrons. The summed E-state index contributed by atoms with van der Waals surface area (Å²) in [5.41, 5.74) is 4.44. The van der Waals surface area contributed by atoms with E-state index in [0.29, 0.717) is 10.8 Å². The van der Waals surface area contributed by atoms with Crippen LogP contribution in [0.2, 0.25) is 0 Å². The monoisotopic (exact) mass is 620 g/mol. The molecular formula is C35H40Cl2Zr-2. The van der Waals surface area contributed by atoms with E-state index in [4.69, 9.17) is 17.0 Å². The minimum atomic E-state index is -1.84. The van der Waals surface area contributed by atoms with Gasteiger partial charge in [-0.15, -0.1) is 93.3 Å². The minimum Gasteiger partial charge on any atom is -0.150 e. The molecule has 0 saturated heterocycles. The van der Waals surface area contributed by atoms with Crippen molar-refractivity contribution in [2.45, 2.75) is 88.9 Å². The molecule has 0 nitrogen and oxygen atoms in total. The molecule has 4 aromatic carbocycles. The topological polar surface area (TPSA) is 0 Å². The van der Waals surface area contributed by atoms with Gasteiger partial charge in [0.15, 0.2) is 0 Å². The Hall–Kier alpha value is -1.01. The average molecular weight is 623 g/mol. The van der Waals surface area contributed by atoms with Crippen LogP contribution in [0, 0.1) is 11.8 Å². The normalized spacial score (nSPS) is 28.7. The molecule has 4 saturated carbocycles. The van der Waals surface area contributed by atoms with E-state index in [0.717, 1.165) is 11.8 Å². The van der Waals surface area contributed by atoms with E-state index in [1.165, 1.54) is 89.0 Å². The first kappa shape index (κ1) is 27.2. The largest absolute Gasteiger partial charge is 0.150 e. The molecule has 0 aliphatic heterocycles. The Balaban J connectivity index is 0.000000116. The molecule has 200 valence electrons. The molecule has 38 heavy (non-hydrogen) atoms. The minimum absolute atomic E-state index is 0.563. The zero-order valence-electron chi connectivity index (χ0n) is 22.9. The first-order valence-corrected chi connectivity index (χ1v) is 22.2. The van der Waals surface area contributed by atoms with Gasteiger partial charge in [-0.1, -0.05) is 63.5 Å². The molecule has 4 fully saturated rings. The van der Waals surface area contributed by atoms with E-state index in [1.54, 1.807) is 11.1 Å². The van der Waals surface area contributed by atoms with Crippen LogP contribution in [-0.2, 0) is 29.7 Å². The Labute approximate surface area is 243 Å². The van der Waals surface area contributed by atoms with Crippen LogP contribution in [0.1, 0.15) is 89.2 Å². The van der Waals surface area contributed by atoms with Crippen LogP contribution in [-0.4, -0.2) is 3.21 Å². The van der Waals surface area contributed by atoms with Crippen molar-refractivity contribution < 1.29 is 18.9 Å². The maximum atomic E-state index is 5.54. The second-order valence-electron chi connectivity index (χ2n) is 12.8. The summed E-state index contributed by atoms with van der Waals surface area (Å²) in [5, 5.41) is 5.90. The zero-order chi connectivity index (χ0) is 26.3. The summed E-state index contributed by atoms with van der Waals surface area (Å²) >= 11 is -1.84. The summed E-state index contributed by atoms with van der Waals surface area (Å²) in [5.74, 6) is 2.07. The summed E-state index contributed by atoms with van der Waals surface area (Å²) in [4.78, 5) is 0. The second-order valence-corrected chi connectivity index (χ2v) is 22.1. The Morgan fingerprint density at radius 2 is 1.05 bits per heavy atom. The number of rotatable bonds is 2. The number of fused-ring (bicyclic) bond motifs is 6. The predicted molar refractivity (Wildman–Crippen MR) is 164 cm³/mol. The molecule has 0 unspecified atom stereocenters. The quantitative estimate of drug-likeness (QED) is 0.195. The molecule has 4 aromatic rings. The SMILES string of the molecule is C[C](C)=[Zr]([Cl])[Cl].c1ccc2c(C34CCC(CC3)C4)c[cH-]c2c1.c1ccc2c(C34CCC(CC3)C4)c[cH-]c2c1. The third-order valence-electron chi connectivity index (χ3n) is 10.4. The van der Waals surface area contributed by atoms with E-state index in [2.05, 4.69) is 72.8 Å². The first-order chi connectivity index (χ1) is 18.4. The summed E-state index contributed by atoms with van der Waals surface area (Å²) in [6.45, 7) is 3.96. The molecule has 0 spiro atoms. The maximum absolute atomic E-state index is 5.54. The molecule has 0 aromatic heterocycles. The molecule has 4 aliphatic rings. The predicted octanol–water partition coefficient (Wildman–Crippen LogP) is 10.9. The Morgan fingerprint density at radius 1 is 0.684 bits per heavy atom. The Kier molecular flexibility index (Phi) is 7.94. The van der Waals surface area contributed by atoms with Crippen molar-refractivity contribution in [1.29, 1.82) is 0 Å². The molecule has 3 heteroatoms. The molecule has 0 heterocycles. The van der Waals surface area contributed by atoms with Gasteiger partial charge in [-0.2, -0.15) is 0 Å². The molecule has 0 N–H and O–H groups in total. The van der Waals surface area contributed by atoms with Crippen LogP contribution in [0.15, 0.2) is 72.8 Å². The van der Waals surface area contributed by atoms with Crippen LogP contribution in [0.5, 0.6) is 0 Å². The van der Waals surface area contributed by atoms with Crippen LogP contribution >= 0.6 is 17.0 Å². The molecule has 4 bridgehead atoms. The Morgan fingerprint density at radius 3 is 1.37 bits per heavy atom. The van der Waals surface area contributed by atoms with Gasteiger partial charge in [0.2, 0.25) is 0 Å². The van der Waals surface area contributed by atoms with Crippen LogP contribution in [0.3, 0.4) is 0 Å². The number of halogens is 2. The average Bonchev–Trinajstić information content (AvgIpc) is 3.78. The summed E-state index contributed by atoms with van der Waals surface area (Å²) in [6, 6.07) is 27.2. The number of benzene rings is 2. The molecule has 4 aliphatic carbocycles. The fourth-order valence-electron chi connectivity index (χ4n) is 8.37. The van der Waals surface area contributed by atoms with Crippen molar-refractivity contribution in [3.8, 4) is 0 Å².